The zero-order valence-electron chi connectivity index (χ0n) is 9.25. The SMILES string of the molecule is CCC(CNc1ncc([N+](=O)[O-])s1)CC(=O)O. The van der Waals surface area contributed by atoms with E-state index in [-0.39, 0.29) is 17.3 Å². The highest BCUT2D eigenvalue weighted by atomic mass is 32.1. The first-order valence-electron chi connectivity index (χ1n) is 5.08. The monoisotopic (exact) mass is 259 g/mol. The van der Waals surface area contributed by atoms with Gasteiger partial charge in [-0.2, -0.15) is 0 Å². The smallest absolute Gasteiger partial charge is 0.345 e. The number of carboxylic acid groups (broad SMARTS) is 1. The molecule has 94 valence electrons. The normalized spacial score (nSPS) is 12.1. The standard InChI is InChI=1S/C9H13N3O4S/c1-2-6(3-8(13)14)4-10-9-11-5-7(17-9)12(15)16/h5-6H,2-4H2,1H3,(H,10,11)(H,13,14). The van der Waals surface area contributed by atoms with Gasteiger partial charge in [-0.05, 0) is 17.3 Å². The van der Waals surface area contributed by atoms with Crippen molar-refractivity contribution in [3.8, 4) is 0 Å². The van der Waals surface area contributed by atoms with Crippen LogP contribution < -0.4 is 5.32 Å². The highest BCUT2D eigenvalue weighted by Crippen LogP contribution is 2.25. The molecule has 0 saturated heterocycles. The van der Waals surface area contributed by atoms with E-state index in [1.165, 1.54) is 6.20 Å². The summed E-state index contributed by atoms with van der Waals surface area (Å²) in [5.41, 5.74) is 0. The summed E-state index contributed by atoms with van der Waals surface area (Å²) in [6.45, 7) is 2.35. The van der Waals surface area contributed by atoms with Crippen LogP contribution in [0.3, 0.4) is 0 Å². The molecular weight excluding hydrogens is 246 g/mol. The van der Waals surface area contributed by atoms with Gasteiger partial charge < -0.3 is 10.4 Å². The van der Waals surface area contributed by atoms with E-state index in [9.17, 15) is 14.9 Å². The summed E-state index contributed by atoms with van der Waals surface area (Å²) in [5, 5.41) is 22.4. The Bertz CT molecular complexity index is 407. The Hall–Kier alpha value is -1.70. The molecule has 0 aliphatic heterocycles. The Morgan fingerprint density at radius 2 is 2.47 bits per heavy atom. The fourth-order valence-electron chi connectivity index (χ4n) is 1.27. The van der Waals surface area contributed by atoms with Crippen molar-refractivity contribution in [2.45, 2.75) is 19.8 Å². The van der Waals surface area contributed by atoms with Gasteiger partial charge in [0.05, 0.1) is 4.92 Å². The third kappa shape index (κ3) is 4.35. The molecule has 2 N–H and O–H groups in total. The fraction of sp³-hybridized carbons (Fsp3) is 0.556. The molecule has 0 amide bonds. The molecular formula is C9H13N3O4S. The summed E-state index contributed by atoms with van der Waals surface area (Å²) in [7, 11) is 0. The van der Waals surface area contributed by atoms with Gasteiger partial charge in [-0.3, -0.25) is 14.9 Å². The van der Waals surface area contributed by atoms with Gasteiger partial charge in [0.25, 0.3) is 0 Å². The maximum Gasteiger partial charge on any atom is 0.345 e. The lowest BCUT2D eigenvalue weighted by molar-refractivity contribution is -0.380. The lowest BCUT2D eigenvalue weighted by Crippen LogP contribution is -2.17. The maximum atomic E-state index is 10.5. The molecule has 0 aliphatic rings. The third-order valence-electron chi connectivity index (χ3n) is 2.26. The summed E-state index contributed by atoms with van der Waals surface area (Å²) < 4.78 is 0. The lowest BCUT2D eigenvalue weighted by Gasteiger charge is -2.12. The van der Waals surface area contributed by atoms with E-state index in [0.717, 1.165) is 17.8 Å². The number of hydrogen-bond donors (Lipinski definition) is 2. The molecule has 0 aromatic carbocycles. The van der Waals surface area contributed by atoms with Gasteiger partial charge in [0, 0.05) is 13.0 Å². The Balaban J connectivity index is 2.47. The Morgan fingerprint density at radius 1 is 1.76 bits per heavy atom. The van der Waals surface area contributed by atoms with Crippen molar-refractivity contribution in [1.29, 1.82) is 0 Å². The minimum absolute atomic E-state index is 0.00421. The molecule has 7 nitrogen and oxygen atoms in total. The van der Waals surface area contributed by atoms with E-state index in [1.807, 2.05) is 6.92 Å². The van der Waals surface area contributed by atoms with Crippen LogP contribution in [-0.4, -0.2) is 27.5 Å². The highest BCUT2D eigenvalue weighted by molar-refractivity contribution is 7.18. The van der Waals surface area contributed by atoms with Crippen LogP contribution in [0, 0.1) is 16.0 Å². The van der Waals surface area contributed by atoms with E-state index in [2.05, 4.69) is 10.3 Å². The predicted molar refractivity (Wildman–Crippen MR) is 63.3 cm³/mol. The summed E-state index contributed by atoms with van der Waals surface area (Å²) in [5.74, 6) is -0.848. The zero-order chi connectivity index (χ0) is 12.8. The summed E-state index contributed by atoms with van der Waals surface area (Å²) >= 11 is 0.944. The van der Waals surface area contributed by atoms with Gasteiger partial charge in [-0.15, -0.1) is 0 Å². The molecule has 1 unspecified atom stereocenters. The Labute approximate surface area is 102 Å². The Morgan fingerprint density at radius 3 is 2.94 bits per heavy atom. The second-order valence-electron chi connectivity index (χ2n) is 3.51. The molecule has 1 aromatic heterocycles. The van der Waals surface area contributed by atoms with E-state index >= 15 is 0 Å². The third-order valence-corrected chi connectivity index (χ3v) is 3.16. The van der Waals surface area contributed by atoms with E-state index < -0.39 is 10.9 Å². The second-order valence-corrected chi connectivity index (χ2v) is 4.52. The topological polar surface area (TPSA) is 105 Å². The molecule has 1 heterocycles. The number of nitrogens with one attached hydrogen (secondary N) is 1. The Kier molecular flexibility index (Phi) is 4.83. The van der Waals surface area contributed by atoms with Gasteiger partial charge in [0.1, 0.15) is 6.20 Å². The molecule has 0 radical (unpaired) electrons. The minimum atomic E-state index is -0.844. The number of nitro groups is 1. The van der Waals surface area contributed by atoms with Gasteiger partial charge in [0.2, 0.25) is 0 Å². The van der Waals surface area contributed by atoms with E-state index in [4.69, 9.17) is 5.11 Å². The van der Waals surface area contributed by atoms with Crippen molar-refractivity contribution in [1.82, 2.24) is 4.98 Å². The summed E-state index contributed by atoms with van der Waals surface area (Å²) in [4.78, 5) is 24.3. The van der Waals surface area contributed by atoms with Crippen LogP contribution in [-0.2, 0) is 4.79 Å². The number of hydrogen-bond acceptors (Lipinski definition) is 6. The van der Waals surface area contributed by atoms with Crippen molar-refractivity contribution < 1.29 is 14.8 Å². The number of aromatic nitrogens is 1. The van der Waals surface area contributed by atoms with E-state index in [1.54, 1.807) is 0 Å². The molecule has 0 aliphatic carbocycles. The molecule has 0 fully saturated rings. The number of rotatable bonds is 7. The molecule has 1 atom stereocenters. The van der Waals surface area contributed by atoms with Gasteiger partial charge in [0.15, 0.2) is 5.13 Å². The first-order valence-corrected chi connectivity index (χ1v) is 5.90. The molecule has 0 spiro atoms. The van der Waals surface area contributed by atoms with Crippen LogP contribution in [0.25, 0.3) is 0 Å². The first-order chi connectivity index (χ1) is 8.02. The largest absolute Gasteiger partial charge is 0.481 e. The average molecular weight is 259 g/mol. The van der Waals surface area contributed by atoms with Crippen LogP contribution in [0.5, 0.6) is 0 Å². The summed E-state index contributed by atoms with van der Waals surface area (Å²) in [6, 6.07) is 0. The van der Waals surface area contributed by atoms with Gasteiger partial charge in [-0.1, -0.05) is 13.3 Å². The maximum absolute atomic E-state index is 10.5. The predicted octanol–water partition coefficient (Wildman–Crippen LogP) is 1.96. The molecule has 17 heavy (non-hydrogen) atoms. The minimum Gasteiger partial charge on any atom is -0.481 e. The van der Waals surface area contributed by atoms with Crippen molar-refractivity contribution in [2.75, 3.05) is 11.9 Å². The van der Waals surface area contributed by atoms with Crippen LogP contribution >= 0.6 is 11.3 Å². The van der Waals surface area contributed by atoms with Crippen molar-refractivity contribution in [2.24, 2.45) is 5.92 Å². The molecule has 8 heteroatoms. The highest BCUT2D eigenvalue weighted by Gasteiger charge is 2.14. The van der Waals surface area contributed by atoms with Crippen LogP contribution in [0.4, 0.5) is 10.1 Å². The molecule has 0 saturated carbocycles. The number of thiazole rings is 1. The van der Waals surface area contributed by atoms with Crippen molar-refractivity contribution >= 4 is 27.4 Å². The number of aliphatic carboxylic acids is 1. The quantitative estimate of drug-likeness (QED) is 0.572. The summed E-state index contributed by atoms with van der Waals surface area (Å²) in [6.07, 6.45) is 1.99. The molecule has 1 aromatic rings. The van der Waals surface area contributed by atoms with Gasteiger partial charge in [-0.25, -0.2) is 4.98 Å². The average Bonchev–Trinajstić information content (AvgIpc) is 2.72. The number of anilines is 1. The van der Waals surface area contributed by atoms with Crippen LogP contribution in [0.1, 0.15) is 19.8 Å². The molecule has 0 bridgehead atoms. The first kappa shape index (κ1) is 13.4. The fourth-order valence-corrected chi connectivity index (χ4v) is 1.91. The second kappa shape index (κ2) is 6.14. The van der Waals surface area contributed by atoms with E-state index in [0.29, 0.717) is 11.7 Å². The number of carboxylic acids is 1. The van der Waals surface area contributed by atoms with Crippen molar-refractivity contribution in [3.63, 3.8) is 0 Å². The number of nitrogens with zero attached hydrogens (tertiary/aromatic N) is 2. The van der Waals surface area contributed by atoms with Crippen LogP contribution in [0.2, 0.25) is 0 Å². The van der Waals surface area contributed by atoms with Crippen molar-refractivity contribution in [3.05, 3.63) is 16.3 Å². The number of carbonyl (C=O) groups is 1. The molecule has 1 rings (SSSR count). The lowest BCUT2D eigenvalue weighted by atomic mass is 10.0. The van der Waals surface area contributed by atoms with Gasteiger partial charge >= 0.3 is 11.0 Å². The zero-order valence-corrected chi connectivity index (χ0v) is 10.1. The van der Waals surface area contributed by atoms with Crippen LogP contribution in [0.15, 0.2) is 6.20 Å².